The molecule has 1 spiro atoms. The second kappa shape index (κ2) is 4.21. The normalized spacial score (nSPS) is 32.0. The third kappa shape index (κ3) is 2.06. The predicted octanol–water partition coefficient (Wildman–Crippen LogP) is 3.04. The summed E-state index contributed by atoms with van der Waals surface area (Å²) >= 11 is 2.00. The lowest BCUT2D eigenvalue weighted by Gasteiger charge is -2.43. The molecule has 1 unspecified atom stereocenters. The molecule has 2 atom stereocenters. The molecule has 0 saturated carbocycles. The number of hydrogen-bond donors (Lipinski definition) is 1. The van der Waals surface area contributed by atoms with E-state index < -0.39 is 0 Å². The van der Waals surface area contributed by atoms with Gasteiger partial charge in [-0.2, -0.15) is 11.8 Å². The fourth-order valence-corrected chi connectivity index (χ4v) is 4.09. The molecule has 0 radical (unpaired) electrons. The molecule has 92 valence electrons. The molecule has 0 aliphatic carbocycles. The van der Waals surface area contributed by atoms with Crippen LogP contribution in [0.2, 0.25) is 0 Å². The molecule has 3 rings (SSSR count). The third-order valence-electron chi connectivity index (χ3n) is 3.77. The number of fused-ring (bicyclic) bond motifs is 1. The van der Waals surface area contributed by atoms with Gasteiger partial charge in [0, 0.05) is 23.8 Å². The molecule has 1 aromatic rings. The zero-order valence-electron chi connectivity index (χ0n) is 10.2. The Kier molecular flexibility index (Phi) is 2.83. The number of nitrogens with two attached hydrogens (primary N) is 1. The summed E-state index contributed by atoms with van der Waals surface area (Å²) in [5.74, 6) is 3.37. The first-order valence-electron chi connectivity index (χ1n) is 6.31. The van der Waals surface area contributed by atoms with Gasteiger partial charge >= 0.3 is 0 Å². The van der Waals surface area contributed by atoms with Gasteiger partial charge in [0.15, 0.2) is 0 Å². The maximum Gasteiger partial charge on any atom is 0.124 e. The van der Waals surface area contributed by atoms with Crippen molar-refractivity contribution < 1.29 is 4.74 Å². The van der Waals surface area contributed by atoms with Gasteiger partial charge in [0.05, 0.1) is 0 Å². The van der Waals surface area contributed by atoms with Crippen LogP contribution in [0.5, 0.6) is 5.75 Å². The van der Waals surface area contributed by atoms with Crippen LogP contribution >= 0.6 is 11.8 Å². The number of aryl methyl sites for hydroxylation is 1. The summed E-state index contributed by atoms with van der Waals surface area (Å²) in [6.45, 7) is 2.10. The summed E-state index contributed by atoms with van der Waals surface area (Å²) in [5, 5.41) is 0. The Morgan fingerprint density at radius 2 is 2.35 bits per heavy atom. The van der Waals surface area contributed by atoms with E-state index in [2.05, 4.69) is 25.1 Å². The van der Waals surface area contributed by atoms with E-state index in [1.165, 1.54) is 23.3 Å². The number of rotatable bonds is 0. The van der Waals surface area contributed by atoms with Gasteiger partial charge in [0.1, 0.15) is 11.4 Å². The zero-order chi connectivity index (χ0) is 11.9. The largest absolute Gasteiger partial charge is 0.486 e. The van der Waals surface area contributed by atoms with Crippen molar-refractivity contribution in [3.05, 3.63) is 29.3 Å². The summed E-state index contributed by atoms with van der Waals surface area (Å²) in [6, 6.07) is 6.51. The number of hydrogen-bond acceptors (Lipinski definition) is 3. The van der Waals surface area contributed by atoms with E-state index in [1.54, 1.807) is 0 Å². The third-order valence-corrected chi connectivity index (χ3v) is 5.08. The maximum atomic E-state index is 6.33. The first-order valence-corrected chi connectivity index (χ1v) is 7.47. The van der Waals surface area contributed by atoms with Crippen molar-refractivity contribution in [3.63, 3.8) is 0 Å². The Balaban J connectivity index is 1.94. The second-order valence-corrected chi connectivity index (χ2v) is 6.40. The fourth-order valence-electron chi connectivity index (χ4n) is 2.90. The van der Waals surface area contributed by atoms with Gasteiger partial charge in [-0.15, -0.1) is 0 Å². The summed E-state index contributed by atoms with van der Waals surface area (Å²) in [7, 11) is 0. The molecule has 2 aliphatic rings. The van der Waals surface area contributed by atoms with Crippen LogP contribution in [0.3, 0.4) is 0 Å². The van der Waals surface area contributed by atoms with Crippen molar-refractivity contribution in [2.24, 2.45) is 5.73 Å². The molecule has 1 aromatic carbocycles. The van der Waals surface area contributed by atoms with Crippen LogP contribution < -0.4 is 10.5 Å². The van der Waals surface area contributed by atoms with Gasteiger partial charge in [-0.25, -0.2) is 0 Å². The van der Waals surface area contributed by atoms with Crippen molar-refractivity contribution >= 4 is 11.8 Å². The highest BCUT2D eigenvalue weighted by Gasteiger charge is 2.40. The highest BCUT2D eigenvalue weighted by Crippen LogP contribution is 2.44. The van der Waals surface area contributed by atoms with Crippen molar-refractivity contribution in [1.29, 1.82) is 0 Å². The average molecular weight is 249 g/mol. The molecule has 1 saturated heterocycles. The van der Waals surface area contributed by atoms with Crippen LogP contribution in [-0.4, -0.2) is 17.1 Å². The summed E-state index contributed by atoms with van der Waals surface area (Å²) in [4.78, 5) is 0. The van der Waals surface area contributed by atoms with Crippen molar-refractivity contribution in [2.75, 3.05) is 11.5 Å². The van der Waals surface area contributed by atoms with Gasteiger partial charge in [0.2, 0.25) is 0 Å². The lowest BCUT2D eigenvalue weighted by Crippen LogP contribution is -2.46. The fraction of sp³-hybridized carbons (Fsp3) is 0.571. The first kappa shape index (κ1) is 11.4. The van der Waals surface area contributed by atoms with Gasteiger partial charge < -0.3 is 10.5 Å². The molecule has 2 N–H and O–H groups in total. The molecule has 0 aromatic heterocycles. The minimum atomic E-state index is 0.00455. The molecule has 2 aliphatic heterocycles. The average Bonchev–Trinajstić information content (AvgIpc) is 2.31. The van der Waals surface area contributed by atoms with Crippen LogP contribution in [0.15, 0.2) is 18.2 Å². The van der Waals surface area contributed by atoms with Crippen LogP contribution in [0, 0.1) is 6.92 Å². The highest BCUT2D eigenvalue weighted by atomic mass is 32.2. The molecule has 1 fully saturated rings. The predicted molar refractivity (Wildman–Crippen MR) is 72.6 cm³/mol. The van der Waals surface area contributed by atoms with E-state index in [0.29, 0.717) is 0 Å². The first-order chi connectivity index (χ1) is 8.19. The van der Waals surface area contributed by atoms with E-state index in [9.17, 15) is 0 Å². The highest BCUT2D eigenvalue weighted by molar-refractivity contribution is 7.99. The Morgan fingerprint density at radius 3 is 3.12 bits per heavy atom. The van der Waals surface area contributed by atoms with Crippen LogP contribution in [0.25, 0.3) is 0 Å². The Labute approximate surface area is 107 Å². The van der Waals surface area contributed by atoms with E-state index in [-0.39, 0.29) is 11.6 Å². The quantitative estimate of drug-likeness (QED) is 0.767. The minimum absolute atomic E-state index is 0.00455. The van der Waals surface area contributed by atoms with Gasteiger partial charge in [-0.05, 0) is 31.6 Å². The molecule has 0 amide bonds. The molecule has 0 bridgehead atoms. The minimum Gasteiger partial charge on any atom is -0.486 e. The molecule has 17 heavy (non-hydrogen) atoms. The summed E-state index contributed by atoms with van der Waals surface area (Å²) in [5.41, 5.74) is 8.78. The lowest BCUT2D eigenvalue weighted by molar-refractivity contribution is 0.0471. The second-order valence-electron chi connectivity index (χ2n) is 5.29. The standard InChI is InChI=1S/C14H19NOS/c1-10-3-4-13-11(7-10)12(15)8-14(16-13)5-2-6-17-9-14/h3-4,7,12H,2,5-6,8-9,15H2,1H3/t12-,14?/m0/s1. The van der Waals surface area contributed by atoms with Crippen molar-refractivity contribution in [2.45, 2.75) is 37.8 Å². The van der Waals surface area contributed by atoms with E-state index in [4.69, 9.17) is 10.5 Å². The van der Waals surface area contributed by atoms with Crippen LogP contribution in [0.4, 0.5) is 0 Å². The van der Waals surface area contributed by atoms with Gasteiger partial charge in [-0.1, -0.05) is 17.7 Å². The van der Waals surface area contributed by atoms with E-state index in [1.807, 2.05) is 11.8 Å². The van der Waals surface area contributed by atoms with Crippen molar-refractivity contribution in [3.8, 4) is 5.75 Å². The summed E-state index contributed by atoms with van der Waals surface area (Å²) < 4.78 is 6.28. The number of ether oxygens (including phenoxy) is 1. The monoisotopic (exact) mass is 249 g/mol. The van der Waals surface area contributed by atoms with Crippen LogP contribution in [-0.2, 0) is 0 Å². The topological polar surface area (TPSA) is 35.2 Å². The lowest BCUT2D eigenvalue weighted by atomic mass is 9.85. The zero-order valence-corrected chi connectivity index (χ0v) is 11.1. The van der Waals surface area contributed by atoms with Crippen molar-refractivity contribution in [1.82, 2.24) is 0 Å². The van der Waals surface area contributed by atoms with Gasteiger partial charge in [0.25, 0.3) is 0 Å². The molecule has 3 heteroatoms. The Bertz CT molecular complexity index is 426. The van der Waals surface area contributed by atoms with Crippen LogP contribution in [0.1, 0.15) is 36.4 Å². The Hall–Kier alpha value is -0.670. The number of benzene rings is 1. The SMILES string of the molecule is Cc1ccc2c(c1)[C@@H](N)CC1(CCCSC1)O2. The van der Waals surface area contributed by atoms with E-state index in [0.717, 1.165) is 24.3 Å². The maximum absolute atomic E-state index is 6.33. The molecule has 2 heterocycles. The van der Waals surface area contributed by atoms with E-state index >= 15 is 0 Å². The number of thioether (sulfide) groups is 1. The molecular formula is C14H19NOS. The molecular weight excluding hydrogens is 230 g/mol. The molecule has 2 nitrogen and oxygen atoms in total. The smallest absolute Gasteiger partial charge is 0.124 e. The van der Waals surface area contributed by atoms with Gasteiger partial charge in [-0.3, -0.25) is 0 Å². The Morgan fingerprint density at radius 1 is 1.47 bits per heavy atom. The summed E-state index contributed by atoms with van der Waals surface area (Å²) in [6.07, 6.45) is 3.37.